The number of fused-ring (bicyclic) bond motifs is 1. The van der Waals surface area contributed by atoms with Crippen LogP contribution in [0.3, 0.4) is 0 Å². The number of carbonyl (C=O) groups is 1. The lowest BCUT2D eigenvalue weighted by molar-refractivity contribution is -0.144. The van der Waals surface area contributed by atoms with E-state index in [1.54, 1.807) is 30.3 Å². The van der Waals surface area contributed by atoms with E-state index >= 15 is 0 Å². The number of H-pyrrole nitrogens is 1. The minimum atomic E-state index is -0.453. The highest BCUT2D eigenvalue weighted by Gasteiger charge is 2.11. The highest BCUT2D eigenvalue weighted by Crippen LogP contribution is 2.25. The van der Waals surface area contributed by atoms with E-state index in [1.165, 1.54) is 0 Å². The van der Waals surface area contributed by atoms with Crippen LogP contribution in [0.2, 0.25) is 10.0 Å². The van der Waals surface area contributed by atoms with Gasteiger partial charge in [-0.25, -0.2) is 4.98 Å². The first-order valence-corrected chi connectivity index (χ1v) is 8.36. The van der Waals surface area contributed by atoms with Gasteiger partial charge in [-0.1, -0.05) is 41.4 Å². The zero-order chi connectivity index (χ0) is 17.8. The van der Waals surface area contributed by atoms with Crippen LogP contribution in [-0.2, 0) is 22.6 Å². The topological polar surface area (TPSA) is 72.0 Å². The Bertz CT molecular complexity index is 965. The highest BCUT2D eigenvalue weighted by atomic mass is 35.5. The second-order valence-electron chi connectivity index (χ2n) is 5.39. The number of rotatable bonds is 5. The van der Waals surface area contributed by atoms with Gasteiger partial charge in [0.1, 0.15) is 12.3 Å². The number of nitrogens with one attached hydrogen (secondary N) is 1. The van der Waals surface area contributed by atoms with Gasteiger partial charge >= 0.3 is 5.97 Å². The van der Waals surface area contributed by atoms with Gasteiger partial charge in [0, 0.05) is 22.0 Å². The standard InChI is InChI=1S/C18H14Cl2N2O3/c19-12-4-3-5-13(20)11(12)10-25-17(23)9-8-16-18(24)22-15-7-2-1-6-14(15)21-16/h1-7H,8-10H2,(H,22,24). The fraction of sp³-hybridized carbons (Fsp3) is 0.167. The smallest absolute Gasteiger partial charge is 0.306 e. The molecule has 0 aliphatic carbocycles. The van der Waals surface area contributed by atoms with Crippen LogP contribution in [0.5, 0.6) is 0 Å². The Balaban J connectivity index is 1.63. The Morgan fingerprint density at radius 2 is 1.80 bits per heavy atom. The predicted molar refractivity (Wildman–Crippen MR) is 96.9 cm³/mol. The fourth-order valence-corrected chi connectivity index (χ4v) is 2.86. The molecule has 0 bridgehead atoms. The number of carbonyl (C=O) groups excluding carboxylic acids is 1. The number of aromatic nitrogens is 2. The molecule has 0 aliphatic heterocycles. The van der Waals surface area contributed by atoms with Crippen LogP contribution < -0.4 is 5.56 Å². The average Bonchev–Trinajstić information content (AvgIpc) is 2.59. The van der Waals surface area contributed by atoms with Gasteiger partial charge in [-0.3, -0.25) is 9.59 Å². The van der Waals surface area contributed by atoms with Crippen LogP contribution in [0.1, 0.15) is 17.7 Å². The van der Waals surface area contributed by atoms with Crippen molar-refractivity contribution in [1.29, 1.82) is 0 Å². The molecule has 0 fully saturated rings. The summed E-state index contributed by atoms with van der Waals surface area (Å²) in [4.78, 5) is 31.0. The van der Waals surface area contributed by atoms with Gasteiger partial charge in [-0.2, -0.15) is 0 Å². The molecule has 0 atom stereocenters. The van der Waals surface area contributed by atoms with Crippen LogP contribution >= 0.6 is 23.2 Å². The van der Waals surface area contributed by atoms with Gasteiger partial charge in [-0.05, 0) is 24.3 Å². The summed E-state index contributed by atoms with van der Waals surface area (Å²) < 4.78 is 5.19. The summed E-state index contributed by atoms with van der Waals surface area (Å²) >= 11 is 12.1. The molecule has 3 rings (SSSR count). The number of hydrogen-bond donors (Lipinski definition) is 1. The highest BCUT2D eigenvalue weighted by molar-refractivity contribution is 6.35. The number of hydrogen-bond acceptors (Lipinski definition) is 4. The van der Waals surface area contributed by atoms with E-state index < -0.39 is 5.97 Å². The molecule has 25 heavy (non-hydrogen) atoms. The maximum Gasteiger partial charge on any atom is 0.306 e. The minimum Gasteiger partial charge on any atom is -0.461 e. The molecule has 1 aromatic heterocycles. The molecule has 2 aromatic carbocycles. The monoisotopic (exact) mass is 376 g/mol. The van der Waals surface area contributed by atoms with Crippen LogP contribution in [0.4, 0.5) is 0 Å². The minimum absolute atomic E-state index is 0.0150. The summed E-state index contributed by atoms with van der Waals surface area (Å²) in [6.45, 7) is -0.0150. The molecule has 0 aliphatic rings. The lowest BCUT2D eigenvalue weighted by Gasteiger charge is -2.08. The summed E-state index contributed by atoms with van der Waals surface area (Å²) in [5, 5.41) is 0.876. The maximum absolute atomic E-state index is 12.0. The molecular formula is C18H14Cl2N2O3. The molecule has 1 N–H and O–H groups in total. The summed E-state index contributed by atoms with van der Waals surface area (Å²) in [7, 11) is 0. The molecule has 0 unspecified atom stereocenters. The zero-order valence-electron chi connectivity index (χ0n) is 13.1. The van der Waals surface area contributed by atoms with Gasteiger partial charge < -0.3 is 9.72 Å². The molecular weight excluding hydrogens is 363 g/mol. The van der Waals surface area contributed by atoms with Crippen LogP contribution in [0.15, 0.2) is 47.3 Å². The molecule has 3 aromatic rings. The molecule has 5 nitrogen and oxygen atoms in total. The summed E-state index contributed by atoms with van der Waals surface area (Å²) in [5.41, 5.74) is 1.88. The first-order chi connectivity index (χ1) is 12.0. The molecule has 0 saturated heterocycles. The number of ether oxygens (including phenoxy) is 1. The van der Waals surface area contributed by atoms with Crippen molar-refractivity contribution in [2.45, 2.75) is 19.4 Å². The van der Waals surface area contributed by atoms with Crippen molar-refractivity contribution in [2.24, 2.45) is 0 Å². The van der Waals surface area contributed by atoms with Crippen molar-refractivity contribution in [3.8, 4) is 0 Å². The third-order valence-electron chi connectivity index (χ3n) is 3.67. The van der Waals surface area contributed by atoms with Gasteiger partial charge in [0.2, 0.25) is 0 Å². The largest absolute Gasteiger partial charge is 0.461 e. The Morgan fingerprint density at radius 3 is 2.56 bits per heavy atom. The normalized spacial score (nSPS) is 10.8. The van der Waals surface area contributed by atoms with Crippen molar-refractivity contribution in [3.05, 3.63) is 74.1 Å². The van der Waals surface area contributed by atoms with Crippen LogP contribution in [0, 0.1) is 0 Å². The third kappa shape index (κ3) is 4.18. The molecule has 0 amide bonds. The molecule has 0 saturated carbocycles. The molecule has 0 radical (unpaired) electrons. The molecule has 1 heterocycles. The lowest BCUT2D eigenvalue weighted by Crippen LogP contribution is -2.17. The summed E-state index contributed by atoms with van der Waals surface area (Å²) in [5.74, 6) is -0.453. The van der Waals surface area contributed by atoms with Crippen molar-refractivity contribution >= 4 is 40.2 Å². The fourth-order valence-electron chi connectivity index (χ4n) is 2.35. The SMILES string of the molecule is O=C(CCc1nc2ccccc2[nH]c1=O)OCc1c(Cl)cccc1Cl. The second-order valence-corrected chi connectivity index (χ2v) is 6.21. The number of aromatic amines is 1. The number of benzene rings is 2. The van der Waals surface area contributed by atoms with Gasteiger partial charge in [0.15, 0.2) is 0 Å². The van der Waals surface area contributed by atoms with E-state index in [9.17, 15) is 9.59 Å². The Kier molecular flexibility index (Phi) is 5.36. The molecule has 0 spiro atoms. The zero-order valence-corrected chi connectivity index (χ0v) is 14.6. The first-order valence-electron chi connectivity index (χ1n) is 7.61. The van der Waals surface area contributed by atoms with Crippen LogP contribution in [0.25, 0.3) is 11.0 Å². The third-order valence-corrected chi connectivity index (χ3v) is 4.38. The average molecular weight is 377 g/mol. The lowest BCUT2D eigenvalue weighted by atomic mass is 10.2. The van der Waals surface area contributed by atoms with Crippen molar-refractivity contribution in [1.82, 2.24) is 9.97 Å². The Labute approximate surface area is 153 Å². The number of nitrogens with zero attached hydrogens (tertiary/aromatic N) is 1. The van der Waals surface area contributed by atoms with E-state index in [0.29, 0.717) is 32.3 Å². The number of esters is 1. The molecule has 128 valence electrons. The van der Waals surface area contributed by atoms with Crippen molar-refractivity contribution in [3.63, 3.8) is 0 Å². The maximum atomic E-state index is 12.0. The number of halogens is 2. The predicted octanol–water partition coefficient (Wildman–Crippen LogP) is 3.91. The van der Waals surface area contributed by atoms with Gasteiger partial charge in [-0.15, -0.1) is 0 Å². The number of aryl methyl sites for hydroxylation is 1. The molecule has 7 heteroatoms. The van der Waals surface area contributed by atoms with E-state index in [0.717, 1.165) is 0 Å². The Hall–Kier alpha value is -2.37. The van der Waals surface area contributed by atoms with Crippen LogP contribution in [-0.4, -0.2) is 15.9 Å². The second kappa shape index (κ2) is 7.68. The summed E-state index contributed by atoms with van der Waals surface area (Å²) in [6.07, 6.45) is 0.228. The van der Waals surface area contributed by atoms with E-state index in [4.69, 9.17) is 27.9 Å². The quantitative estimate of drug-likeness (QED) is 0.685. The van der Waals surface area contributed by atoms with Gasteiger partial charge in [0.05, 0.1) is 17.5 Å². The van der Waals surface area contributed by atoms with Crippen molar-refractivity contribution < 1.29 is 9.53 Å². The first kappa shape index (κ1) is 17.5. The van der Waals surface area contributed by atoms with E-state index in [1.807, 2.05) is 12.1 Å². The number of para-hydroxylation sites is 2. The van der Waals surface area contributed by atoms with Crippen molar-refractivity contribution in [2.75, 3.05) is 0 Å². The van der Waals surface area contributed by atoms with Gasteiger partial charge in [0.25, 0.3) is 5.56 Å². The summed E-state index contributed by atoms with van der Waals surface area (Å²) in [6, 6.07) is 12.3. The van der Waals surface area contributed by atoms with E-state index in [2.05, 4.69) is 9.97 Å². The Morgan fingerprint density at radius 1 is 1.08 bits per heavy atom. The van der Waals surface area contributed by atoms with E-state index in [-0.39, 0.29) is 25.0 Å².